The number of halogens is 4. The van der Waals surface area contributed by atoms with Gasteiger partial charge in [0.2, 0.25) is 5.91 Å². The van der Waals surface area contributed by atoms with E-state index >= 15 is 0 Å². The van der Waals surface area contributed by atoms with Gasteiger partial charge in [0.15, 0.2) is 5.69 Å². The highest BCUT2D eigenvalue weighted by Crippen LogP contribution is 2.59. The van der Waals surface area contributed by atoms with Crippen LogP contribution in [-0.2, 0) is 17.5 Å². The number of carbonyl (C=O) groups excluding carboxylic acids is 2. The van der Waals surface area contributed by atoms with Gasteiger partial charge in [0.1, 0.15) is 0 Å². The molecule has 1 aromatic heterocycles. The normalized spacial score (nSPS) is 26.9. The average Bonchev–Trinajstić information content (AvgIpc) is 3.25. The number of piperidine rings is 1. The second kappa shape index (κ2) is 10.7. The predicted molar refractivity (Wildman–Crippen MR) is 152 cm³/mol. The Morgan fingerprint density at radius 1 is 0.929 bits per heavy atom. The van der Waals surface area contributed by atoms with E-state index in [1.165, 1.54) is 16.7 Å². The molecule has 2 amide bonds. The zero-order chi connectivity index (χ0) is 28.4. The maximum Gasteiger partial charge on any atom is 0.435 e. The van der Waals surface area contributed by atoms with Crippen molar-refractivity contribution in [3.8, 4) is 5.69 Å². The third-order valence-corrected chi connectivity index (χ3v) is 9.63. The zero-order valence-electron chi connectivity index (χ0n) is 23.0. The van der Waals surface area contributed by atoms with E-state index in [9.17, 15) is 22.8 Å². The molecular formula is C31H33ClF3N5O2. The van der Waals surface area contributed by atoms with Gasteiger partial charge in [0.25, 0.3) is 5.91 Å². The molecule has 42 heavy (non-hydrogen) atoms. The van der Waals surface area contributed by atoms with Gasteiger partial charge in [0, 0.05) is 45.0 Å². The minimum atomic E-state index is -4.76. The van der Waals surface area contributed by atoms with Gasteiger partial charge in [-0.15, -0.1) is 12.4 Å². The standard InChI is InChI=1S/C31H32F3N5O2.ClH/c32-31(33,34)27-25(19-39(35-27)24-9-5-2-6-10-24)28(40)37-14-12-30(15-23(30)18-37)29(41)38-17-22-11-13-36(26(22)20-38)16-21-7-3-1-4-8-21;/h1-10,19,22-23,26H,11-18,20H2;1H. The van der Waals surface area contributed by atoms with Gasteiger partial charge in [-0.1, -0.05) is 48.5 Å². The summed E-state index contributed by atoms with van der Waals surface area (Å²) in [7, 11) is 0. The Morgan fingerprint density at radius 3 is 2.33 bits per heavy atom. The Kier molecular flexibility index (Phi) is 7.33. The zero-order valence-corrected chi connectivity index (χ0v) is 23.9. The Morgan fingerprint density at radius 2 is 1.64 bits per heavy atom. The molecular weight excluding hydrogens is 567 g/mol. The topological polar surface area (TPSA) is 61.7 Å². The summed E-state index contributed by atoms with van der Waals surface area (Å²) in [6, 6.07) is 19.2. The first-order valence-corrected chi connectivity index (χ1v) is 14.3. The quantitative estimate of drug-likeness (QED) is 0.419. The fourth-order valence-corrected chi connectivity index (χ4v) is 7.34. The molecule has 1 saturated carbocycles. The van der Waals surface area contributed by atoms with Crippen molar-refractivity contribution in [1.82, 2.24) is 24.5 Å². The summed E-state index contributed by atoms with van der Waals surface area (Å²) in [4.78, 5) is 33.2. The molecule has 0 radical (unpaired) electrons. The van der Waals surface area contributed by atoms with E-state index in [4.69, 9.17) is 0 Å². The first kappa shape index (κ1) is 28.7. The molecule has 0 N–H and O–H groups in total. The van der Waals surface area contributed by atoms with E-state index in [0.717, 1.165) is 37.3 Å². The van der Waals surface area contributed by atoms with E-state index in [0.29, 0.717) is 37.0 Å². The number of amides is 2. The number of fused-ring (bicyclic) bond motifs is 2. The Labute approximate surface area is 248 Å². The third-order valence-electron chi connectivity index (χ3n) is 9.63. The van der Waals surface area contributed by atoms with E-state index < -0.39 is 28.8 Å². The minimum Gasteiger partial charge on any atom is -0.340 e. The number of carbonyl (C=O) groups is 2. The van der Waals surface area contributed by atoms with Crippen LogP contribution in [0.4, 0.5) is 13.2 Å². The molecule has 3 saturated heterocycles. The minimum absolute atomic E-state index is 0. The predicted octanol–water partition coefficient (Wildman–Crippen LogP) is 4.90. The van der Waals surface area contributed by atoms with Crippen molar-refractivity contribution < 1.29 is 22.8 Å². The lowest BCUT2D eigenvalue weighted by Crippen LogP contribution is -2.46. The first-order chi connectivity index (χ1) is 19.7. The van der Waals surface area contributed by atoms with Crippen molar-refractivity contribution in [2.45, 2.75) is 38.0 Å². The number of hydrogen-bond donors (Lipinski definition) is 0. The van der Waals surface area contributed by atoms with Crippen LogP contribution in [0.5, 0.6) is 0 Å². The SMILES string of the molecule is Cl.O=C(c1cn(-c2ccccc2)nc1C(F)(F)F)N1CCC2(C(=O)N3CC4CCN(Cc5ccccc5)C4C3)CC2C1. The van der Waals surface area contributed by atoms with Crippen molar-refractivity contribution in [2.75, 3.05) is 32.7 Å². The Hall–Kier alpha value is -3.37. The molecule has 7 nitrogen and oxygen atoms in total. The van der Waals surface area contributed by atoms with Crippen LogP contribution in [0.15, 0.2) is 66.9 Å². The average molecular weight is 600 g/mol. The number of hydrogen-bond acceptors (Lipinski definition) is 4. The van der Waals surface area contributed by atoms with Crippen molar-refractivity contribution in [3.05, 3.63) is 83.7 Å². The van der Waals surface area contributed by atoms with Gasteiger partial charge >= 0.3 is 6.18 Å². The molecule has 11 heteroatoms. The van der Waals surface area contributed by atoms with E-state index in [-0.39, 0.29) is 30.8 Å². The molecule has 222 valence electrons. The van der Waals surface area contributed by atoms with Crippen LogP contribution < -0.4 is 0 Å². The molecule has 4 heterocycles. The van der Waals surface area contributed by atoms with Gasteiger partial charge in [-0.25, -0.2) is 4.68 Å². The van der Waals surface area contributed by atoms with Crippen LogP contribution in [0.25, 0.3) is 5.69 Å². The summed E-state index contributed by atoms with van der Waals surface area (Å²) >= 11 is 0. The molecule has 0 bridgehead atoms. The Balaban J connectivity index is 0.00000316. The van der Waals surface area contributed by atoms with Crippen molar-refractivity contribution in [3.63, 3.8) is 0 Å². The number of nitrogens with zero attached hydrogens (tertiary/aromatic N) is 5. The van der Waals surface area contributed by atoms with Gasteiger partial charge < -0.3 is 9.80 Å². The van der Waals surface area contributed by atoms with Crippen LogP contribution in [-0.4, -0.2) is 75.1 Å². The van der Waals surface area contributed by atoms with Crippen LogP contribution in [0.1, 0.15) is 40.9 Å². The number of alkyl halides is 3. The summed E-state index contributed by atoms with van der Waals surface area (Å²) < 4.78 is 42.7. The lowest BCUT2D eigenvalue weighted by molar-refractivity contribution is -0.141. The molecule has 4 fully saturated rings. The molecule has 3 aromatic rings. The molecule has 4 atom stereocenters. The highest BCUT2D eigenvalue weighted by atomic mass is 35.5. The number of benzene rings is 2. The van der Waals surface area contributed by atoms with Crippen molar-refractivity contribution in [1.29, 1.82) is 0 Å². The van der Waals surface area contributed by atoms with Gasteiger partial charge in [0.05, 0.1) is 16.7 Å². The van der Waals surface area contributed by atoms with E-state index in [2.05, 4.69) is 34.3 Å². The van der Waals surface area contributed by atoms with E-state index in [1.54, 1.807) is 30.3 Å². The molecule has 4 aliphatic rings. The molecule has 0 spiro atoms. The summed E-state index contributed by atoms with van der Waals surface area (Å²) in [5, 5.41) is 3.73. The fourth-order valence-electron chi connectivity index (χ4n) is 7.34. The highest BCUT2D eigenvalue weighted by Gasteiger charge is 2.64. The van der Waals surface area contributed by atoms with Crippen LogP contribution in [0.3, 0.4) is 0 Å². The number of para-hydroxylation sites is 1. The van der Waals surface area contributed by atoms with Gasteiger partial charge in [-0.05, 0) is 55.3 Å². The maximum absolute atomic E-state index is 13.9. The maximum atomic E-state index is 13.9. The lowest BCUT2D eigenvalue weighted by Gasteiger charge is -2.33. The Bertz CT molecular complexity index is 1470. The highest BCUT2D eigenvalue weighted by molar-refractivity contribution is 5.96. The lowest BCUT2D eigenvalue weighted by atomic mass is 9.93. The largest absolute Gasteiger partial charge is 0.435 e. The van der Waals surface area contributed by atoms with Crippen LogP contribution in [0.2, 0.25) is 0 Å². The smallest absolute Gasteiger partial charge is 0.340 e. The first-order valence-electron chi connectivity index (χ1n) is 14.3. The molecule has 7 rings (SSSR count). The van der Waals surface area contributed by atoms with Crippen LogP contribution in [0, 0.1) is 17.3 Å². The summed E-state index contributed by atoms with van der Waals surface area (Å²) in [5.74, 6) is -0.0665. The molecule has 3 aliphatic heterocycles. The fraction of sp³-hybridized carbons (Fsp3) is 0.452. The van der Waals surface area contributed by atoms with Crippen molar-refractivity contribution >= 4 is 24.2 Å². The van der Waals surface area contributed by atoms with Gasteiger partial charge in [-0.3, -0.25) is 14.5 Å². The monoisotopic (exact) mass is 599 g/mol. The van der Waals surface area contributed by atoms with Crippen LogP contribution >= 0.6 is 12.4 Å². The number of aromatic nitrogens is 2. The van der Waals surface area contributed by atoms with Gasteiger partial charge in [-0.2, -0.15) is 18.3 Å². The van der Waals surface area contributed by atoms with Crippen molar-refractivity contribution in [2.24, 2.45) is 17.3 Å². The molecule has 1 aliphatic carbocycles. The molecule has 4 unspecified atom stereocenters. The molecule has 2 aromatic carbocycles. The number of rotatable bonds is 5. The second-order valence-corrected chi connectivity index (χ2v) is 12.0. The third kappa shape index (κ3) is 4.98. The number of likely N-dealkylation sites (tertiary alicyclic amines) is 3. The summed E-state index contributed by atoms with van der Waals surface area (Å²) in [6.07, 6.45) is -1.34. The second-order valence-electron chi connectivity index (χ2n) is 12.0. The van der Waals surface area contributed by atoms with E-state index in [1.807, 2.05) is 11.0 Å². The summed E-state index contributed by atoms with van der Waals surface area (Å²) in [6.45, 7) is 3.96. The summed E-state index contributed by atoms with van der Waals surface area (Å²) in [5.41, 5.74) is -0.398.